The molecule has 3 amide bonds. The molecular formula is C19H19Cl2N3O2. The number of benzene rings is 2. The van der Waals surface area contributed by atoms with Gasteiger partial charge in [0.05, 0.1) is 10.0 Å². The van der Waals surface area contributed by atoms with Crippen molar-refractivity contribution in [1.29, 1.82) is 0 Å². The van der Waals surface area contributed by atoms with Crippen LogP contribution in [0.2, 0.25) is 10.0 Å². The Labute approximate surface area is 162 Å². The first-order valence-corrected chi connectivity index (χ1v) is 9.15. The number of hydrogen-bond donors (Lipinski definition) is 2. The van der Waals surface area contributed by atoms with Crippen LogP contribution in [0.25, 0.3) is 0 Å². The van der Waals surface area contributed by atoms with Crippen molar-refractivity contribution in [2.75, 3.05) is 18.4 Å². The van der Waals surface area contributed by atoms with Crippen LogP contribution in [0.4, 0.5) is 10.5 Å². The molecule has 1 aliphatic heterocycles. The number of carbonyl (C=O) groups is 2. The molecule has 1 heterocycles. The highest BCUT2D eigenvalue weighted by atomic mass is 35.5. The first-order valence-electron chi connectivity index (χ1n) is 8.40. The summed E-state index contributed by atoms with van der Waals surface area (Å²) in [4.78, 5) is 26.6. The summed E-state index contributed by atoms with van der Waals surface area (Å²) >= 11 is 11.8. The van der Waals surface area contributed by atoms with E-state index < -0.39 is 0 Å². The number of urea groups is 1. The van der Waals surface area contributed by atoms with Gasteiger partial charge in [0.25, 0.3) is 5.91 Å². The molecule has 5 nitrogen and oxygen atoms in total. The van der Waals surface area contributed by atoms with Crippen LogP contribution in [0.15, 0.2) is 48.5 Å². The molecular weight excluding hydrogens is 373 g/mol. The largest absolute Gasteiger partial charge is 0.337 e. The van der Waals surface area contributed by atoms with E-state index in [1.807, 2.05) is 18.2 Å². The fourth-order valence-electron chi connectivity index (χ4n) is 2.97. The summed E-state index contributed by atoms with van der Waals surface area (Å²) in [6.45, 7) is 1.18. The molecule has 136 valence electrons. The van der Waals surface area contributed by atoms with E-state index in [2.05, 4.69) is 10.6 Å². The second kappa shape index (κ2) is 8.43. The second-order valence-electron chi connectivity index (χ2n) is 6.18. The van der Waals surface area contributed by atoms with Crippen LogP contribution in [0.3, 0.4) is 0 Å². The maximum Gasteiger partial charge on any atom is 0.319 e. The zero-order valence-corrected chi connectivity index (χ0v) is 15.6. The van der Waals surface area contributed by atoms with Gasteiger partial charge in [-0.3, -0.25) is 4.79 Å². The van der Waals surface area contributed by atoms with E-state index in [0.717, 1.165) is 12.8 Å². The zero-order chi connectivity index (χ0) is 18.5. The summed E-state index contributed by atoms with van der Waals surface area (Å²) in [5.41, 5.74) is 1.22. The molecule has 2 aromatic carbocycles. The van der Waals surface area contributed by atoms with Crippen LogP contribution in [0.1, 0.15) is 23.2 Å². The van der Waals surface area contributed by atoms with Crippen molar-refractivity contribution >= 4 is 40.8 Å². The Balaban J connectivity index is 1.57. The summed E-state index contributed by atoms with van der Waals surface area (Å²) < 4.78 is 0. The van der Waals surface area contributed by atoms with Gasteiger partial charge in [0.15, 0.2) is 0 Å². The minimum atomic E-state index is -0.331. The number of hydrogen-bond acceptors (Lipinski definition) is 2. The van der Waals surface area contributed by atoms with Gasteiger partial charge in [-0.25, -0.2) is 4.79 Å². The Hall–Kier alpha value is -2.24. The van der Waals surface area contributed by atoms with Gasteiger partial charge in [-0.05, 0) is 43.2 Å². The van der Waals surface area contributed by atoms with Crippen molar-refractivity contribution in [2.45, 2.75) is 18.9 Å². The van der Waals surface area contributed by atoms with Crippen molar-refractivity contribution in [3.63, 3.8) is 0 Å². The highest BCUT2D eigenvalue weighted by molar-refractivity contribution is 6.42. The number of piperidine rings is 1. The molecule has 1 atom stereocenters. The zero-order valence-electron chi connectivity index (χ0n) is 14.0. The number of rotatable bonds is 3. The molecule has 0 aromatic heterocycles. The number of halogens is 2. The standard InChI is InChI=1S/C19H19Cl2N3O2/c20-16-9-8-14(11-17(16)21)22-19(26)23-15-7-4-10-24(12-15)18(25)13-5-2-1-3-6-13/h1-3,5-6,8-9,11,15H,4,7,10,12H2,(H2,22,23,26). The van der Waals surface area contributed by atoms with Crippen LogP contribution < -0.4 is 10.6 Å². The molecule has 0 bridgehead atoms. The molecule has 1 fully saturated rings. The smallest absolute Gasteiger partial charge is 0.319 e. The molecule has 1 saturated heterocycles. The van der Waals surface area contributed by atoms with E-state index in [1.54, 1.807) is 35.2 Å². The van der Waals surface area contributed by atoms with Gasteiger partial charge < -0.3 is 15.5 Å². The van der Waals surface area contributed by atoms with Crippen molar-refractivity contribution in [2.24, 2.45) is 0 Å². The SMILES string of the molecule is O=C(Nc1ccc(Cl)c(Cl)c1)NC1CCCN(C(=O)c2ccccc2)C1. The van der Waals surface area contributed by atoms with Crippen LogP contribution in [0.5, 0.6) is 0 Å². The second-order valence-corrected chi connectivity index (χ2v) is 7.00. The van der Waals surface area contributed by atoms with Crippen LogP contribution in [-0.2, 0) is 0 Å². The molecule has 1 aliphatic rings. The van der Waals surface area contributed by atoms with Gasteiger partial charge in [0, 0.05) is 30.4 Å². The Kier molecular flexibility index (Phi) is 6.01. The van der Waals surface area contributed by atoms with E-state index >= 15 is 0 Å². The molecule has 0 aliphatic carbocycles. The topological polar surface area (TPSA) is 61.4 Å². The van der Waals surface area contributed by atoms with Gasteiger partial charge in [-0.15, -0.1) is 0 Å². The lowest BCUT2D eigenvalue weighted by atomic mass is 10.0. The number of amides is 3. The van der Waals surface area contributed by atoms with E-state index in [1.165, 1.54) is 0 Å². The Bertz CT molecular complexity index is 799. The van der Waals surface area contributed by atoms with E-state index in [4.69, 9.17) is 23.2 Å². The molecule has 0 spiro atoms. The Morgan fingerprint density at radius 1 is 1.04 bits per heavy atom. The maximum absolute atomic E-state index is 12.6. The first kappa shape index (κ1) is 18.5. The predicted octanol–water partition coefficient (Wildman–Crippen LogP) is 4.42. The highest BCUT2D eigenvalue weighted by Crippen LogP contribution is 2.25. The van der Waals surface area contributed by atoms with Crippen LogP contribution in [-0.4, -0.2) is 36.0 Å². The monoisotopic (exact) mass is 391 g/mol. The van der Waals surface area contributed by atoms with Gasteiger partial charge in [-0.2, -0.15) is 0 Å². The van der Waals surface area contributed by atoms with Gasteiger partial charge in [0.1, 0.15) is 0 Å². The van der Waals surface area contributed by atoms with E-state index in [9.17, 15) is 9.59 Å². The lowest BCUT2D eigenvalue weighted by Crippen LogP contribution is -2.50. The maximum atomic E-state index is 12.6. The van der Waals surface area contributed by atoms with Gasteiger partial charge in [0.2, 0.25) is 0 Å². The quantitative estimate of drug-likeness (QED) is 0.813. The number of carbonyl (C=O) groups excluding carboxylic acids is 2. The average molecular weight is 392 g/mol. The van der Waals surface area contributed by atoms with E-state index in [-0.39, 0.29) is 18.0 Å². The van der Waals surface area contributed by atoms with Crippen molar-refractivity contribution < 1.29 is 9.59 Å². The number of likely N-dealkylation sites (tertiary alicyclic amines) is 1. The van der Waals surface area contributed by atoms with E-state index in [0.29, 0.717) is 34.4 Å². The first-order chi connectivity index (χ1) is 12.5. The fourth-order valence-corrected chi connectivity index (χ4v) is 3.27. The fraction of sp³-hybridized carbons (Fsp3) is 0.263. The Morgan fingerprint density at radius 2 is 1.81 bits per heavy atom. The third-order valence-corrected chi connectivity index (χ3v) is 4.98. The molecule has 0 radical (unpaired) electrons. The lowest BCUT2D eigenvalue weighted by molar-refractivity contribution is 0.0698. The van der Waals surface area contributed by atoms with Crippen molar-refractivity contribution in [3.05, 3.63) is 64.1 Å². The number of anilines is 1. The highest BCUT2D eigenvalue weighted by Gasteiger charge is 2.25. The summed E-state index contributed by atoms with van der Waals surface area (Å²) in [5, 5.41) is 6.46. The molecule has 3 rings (SSSR count). The van der Waals surface area contributed by atoms with Crippen LogP contribution in [0, 0.1) is 0 Å². The number of nitrogens with one attached hydrogen (secondary N) is 2. The van der Waals surface area contributed by atoms with Crippen molar-refractivity contribution in [3.8, 4) is 0 Å². The lowest BCUT2D eigenvalue weighted by Gasteiger charge is -2.33. The minimum absolute atomic E-state index is 0.0120. The predicted molar refractivity (Wildman–Crippen MR) is 104 cm³/mol. The third kappa shape index (κ3) is 4.68. The minimum Gasteiger partial charge on any atom is -0.337 e. The summed E-state index contributed by atoms with van der Waals surface area (Å²) in [6.07, 6.45) is 1.67. The molecule has 0 saturated carbocycles. The normalized spacial score (nSPS) is 16.8. The average Bonchev–Trinajstić information content (AvgIpc) is 2.65. The Morgan fingerprint density at radius 3 is 2.54 bits per heavy atom. The summed E-state index contributed by atoms with van der Waals surface area (Å²) in [7, 11) is 0. The molecule has 26 heavy (non-hydrogen) atoms. The third-order valence-electron chi connectivity index (χ3n) is 4.24. The molecule has 7 heteroatoms. The van der Waals surface area contributed by atoms with Gasteiger partial charge in [-0.1, -0.05) is 41.4 Å². The summed E-state index contributed by atoms with van der Waals surface area (Å²) in [6, 6.07) is 13.6. The summed E-state index contributed by atoms with van der Waals surface area (Å²) in [5.74, 6) is -0.0120. The van der Waals surface area contributed by atoms with Crippen LogP contribution >= 0.6 is 23.2 Å². The molecule has 2 aromatic rings. The molecule has 1 unspecified atom stereocenters. The van der Waals surface area contributed by atoms with Gasteiger partial charge >= 0.3 is 6.03 Å². The number of nitrogens with zero attached hydrogens (tertiary/aromatic N) is 1. The van der Waals surface area contributed by atoms with Crippen molar-refractivity contribution in [1.82, 2.24) is 10.2 Å². The molecule has 2 N–H and O–H groups in total.